The maximum atomic E-state index is 13.4. The maximum absolute atomic E-state index is 13.4. The molecule has 0 saturated carbocycles. The summed E-state index contributed by atoms with van der Waals surface area (Å²) in [7, 11) is 0. The van der Waals surface area contributed by atoms with Gasteiger partial charge in [0.1, 0.15) is 24.4 Å². The monoisotopic (exact) mass is 1060 g/mol. The van der Waals surface area contributed by atoms with E-state index in [1.807, 2.05) is 6.08 Å². The summed E-state index contributed by atoms with van der Waals surface area (Å²) in [5, 5.41) is 56.9. The second-order valence-corrected chi connectivity index (χ2v) is 21.8. The summed E-state index contributed by atoms with van der Waals surface area (Å²) in [6.07, 6.45) is 52.9. The summed E-state index contributed by atoms with van der Waals surface area (Å²) >= 11 is 0. The van der Waals surface area contributed by atoms with Crippen LogP contribution < -0.4 is 5.32 Å². The molecule has 8 unspecified atom stereocenters. The van der Waals surface area contributed by atoms with Crippen LogP contribution in [0.25, 0.3) is 0 Å². The molecule has 1 aliphatic rings. The maximum Gasteiger partial charge on any atom is 0.306 e. The van der Waals surface area contributed by atoms with Gasteiger partial charge in [-0.1, -0.05) is 262 Å². The fraction of sp³-hybridized carbons (Fsp3) is 0.844. The molecule has 1 saturated heterocycles. The third-order valence-corrected chi connectivity index (χ3v) is 14.7. The Morgan fingerprint density at radius 2 is 0.920 bits per heavy atom. The van der Waals surface area contributed by atoms with E-state index in [0.29, 0.717) is 19.3 Å². The van der Waals surface area contributed by atoms with Crippen molar-refractivity contribution in [3.05, 3.63) is 48.6 Å². The zero-order chi connectivity index (χ0) is 54.7. The van der Waals surface area contributed by atoms with Crippen LogP contribution in [0.5, 0.6) is 0 Å². The van der Waals surface area contributed by atoms with Crippen molar-refractivity contribution in [2.24, 2.45) is 0 Å². The minimum absolute atomic E-state index is 0.0989. The summed E-state index contributed by atoms with van der Waals surface area (Å²) in [5.41, 5.74) is 0. The predicted molar refractivity (Wildman–Crippen MR) is 310 cm³/mol. The molecule has 1 amide bonds. The Morgan fingerprint density at radius 1 is 0.520 bits per heavy atom. The summed E-state index contributed by atoms with van der Waals surface area (Å²) in [5.74, 6) is -1.21. The number of carbonyl (C=O) groups is 2. The molecule has 75 heavy (non-hydrogen) atoms. The minimum atomic E-state index is -1.62. The van der Waals surface area contributed by atoms with Gasteiger partial charge >= 0.3 is 5.97 Å². The van der Waals surface area contributed by atoms with E-state index < -0.39 is 67.4 Å². The summed E-state index contributed by atoms with van der Waals surface area (Å²) in [6.45, 7) is 5.76. The van der Waals surface area contributed by atoms with Crippen LogP contribution in [0, 0.1) is 0 Å². The molecule has 0 aromatic rings. The van der Waals surface area contributed by atoms with E-state index in [-0.39, 0.29) is 13.0 Å². The number of allylic oxidation sites excluding steroid dienone is 7. The Kier molecular flexibility index (Phi) is 49.3. The van der Waals surface area contributed by atoms with E-state index >= 15 is 0 Å². The van der Waals surface area contributed by atoms with E-state index in [2.05, 4.69) is 62.5 Å². The van der Waals surface area contributed by atoms with Crippen LogP contribution in [0.3, 0.4) is 0 Å². The van der Waals surface area contributed by atoms with Crippen LogP contribution in [0.15, 0.2) is 48.6 Å². The number of hydrogen-bond donors (Lipinski definition) is 6. The Morgan fingerprint density at radius 3 is 1.40 bits per heavy atom. The lowest BCUT2D eigenvalue weighted by Gasteiger charge is -2.41. The van der Waals surface area contributed by atoms with Gasteiger partial charge in [-0.25, -0.2) is 0 Å². The molecule has 0 aliphatic carbocycles. The van der Waals surface area contributed by atoms with E-state index in [1.165, 1.54) is 154 Å². The molecule has 0 aromatic carbocycles. The topological polar surface area (TPSA) is 175 Å². The van der Waals surface area contributed by atoms with Gasteiger partial charge < -0.3 is 45.1 Å². The second kappa shape index (κ2) is 52.3. The minimum Gasteiger partial charge on any atom is -0.454 e. The quantitative estimate of drug-likeness (QED) is 0.0195. The van der Waals surface area contributed by atoms with Crippen molar-refractivity contribution in [1.82, 2.24) is 5.32 Å². The molecule has 1 fully saturated rings. The summed E-state index contributed by atoms with van der Waals surface area (Å²) in [6, 6.07) is -1.03. The number of amides is 1. The van der Waals surface area contributed by atoms with Gasteiger partial charge in [-0.3, -0.25) is 9.59 Å². The number of rotatable bonds is 53. The molecule has 0 radical (unpaired) electrons. The van der Waals surface area contributed by atoms with E-state index in [1.54, 1.807) is 6.08 Å². The first-order valence-corrected chi connectivity index (χ1v) is 31.4. The van der Waals surface area contributed by atoms with Crippen LogP contribution in [-0.4, -0.2) is 99.6 Å². The van der Waals surface area contributed by atoms with Gasteiger partial charge in [0.25, 0.3) is 0 Å². The number of nitrogens with one attached hydrogen (secondary N) is 1. The van der Waals surface area contributed by atoms with Crippen LogP contribution in [0.1, 0.15) is 284 Å². The lowest BCUT2D eigenvalue weighted by molar-refractivity contribution is -0.305. The molecule has 0 bridgehead atoms. The molecule has 0 aromatic heterocycles. The van der Waals surface area contributed by atoms with Crippen molar-refractivity contribution in [2.45, 2.75) is 333 Å². The van der Waals surface area contributed by atoms with E-state index in [9.17, 15) is 35.1 Å². The van der Waals surface area contributed by atoms with Crippen LogP contribution in [-0.2, 0) is 23.8 Å². The summed E-state index contributed by atoms with van der Waals surface area (Å²) in [4.78, 5) is 26.5. The van der Waals surface area contributed by atoms with Crippen molar-refractivity contribution in [1.29, 1.82) is 0 Å². The van der Waals surface area contributed by atoms with Crippen LogP contribution >= 0.6 is 0 Å². The lowest BCUT2D eigenvalue weighted by Crippen LogP contribution is -2.61. The number of aliphatic hydroxyl groups excluding tert-OH is 5. The van der Waals surface area contributed by atoms with Crippen molar-refractivity contribution in [3.63, 3.8) is 0 Å². The van der Waals surface area contributed by atoms with Gasteiger partial charge in [-0.05, 0) is 64.2 Å². The highest BCUT2D eigenvalue weighted by molar-refractivity contribution is 5.80. The number of aliphatic hydroxyl groups is 5. The largest absolute Gasteiger partial charge is 0.454 e. The highest BCUT2D eigenvalue weighted by Gasteiger charge is 2.47. The average Bonchev–Trinajstić information content (AvgIpc) is 3.41. The van der Waals surface area contributed by atoms with Gasteiger partial charge in [0.15, 0.2) is 12.4 Å². The smallest absolute Gasteiger partial charge is 0.306 e. The number of hydrogen-bond acceptors (Lipinski definition) is 10. The van der Waals surface area contributed by atoms with Crippen molar-refractivity contribution < 1.29 is 49.3 Å². The van der Waals surface area contributed by atoms with Gasteiger partial charge in [0.2, 0.25) is 5.91 Å². The standard InChI is InChI=1S/C64H117NO10/c1-4-7-10-13-16-19-22-24-26-28-30-31-33-36-39-42-45-48-51-57(68)63(72)65-55(56(67)50-47-44-41-38-35-21-18-15-12-9-6-3)54-73-64-62(61(71)60(70)58(53-66)74-64)75-59(69)52-49-46-43-40-37-34-32-29-27-25-23-20-17-14-11-8-5-2/h17,20,25,27,32,34,47,50,55-58,60-62,64,66-68,70-71H,4-16,18-19,21-24,26,28-31,33,35-46,48-49,51-54H2,1-3H3,(H,65,72)/b20-17-,27-25-,34-32-,50-47+. The fourth-order valence-corrected chi connectivity index (χ4v) is 9.72. The Labute approximate surface area is 459 Å². The third-order valence-electron chi connectivity index (χ3n) is 14.7. The molecule has 1 aliphatic heterocycles. The number of esters is 1. The molecule has 0 spiro atoms. The first kappa shape index (κ1) is 70.6. The first-order valence-electron chi connectivity index (χ1n) is 31.4. The molecular weight excluding hydrogens is 943 g/mol. The second-order valence-electron chi connectivity index (χ2n) is 21.8. The molecule has 11 nitrogen and oxygen atoms in total. The number of carbonyl (C=O) groups excluding carboxylic acids is 2. The Bertz CT molecular complexity index is 1400. The van der Waals surface area contributed by atoms with Crippen LogP contribution in [0.4, 0.5) is 0 Å². The molecule has 11 heteroatoms. The predicted octanol–water partition coefficient (Wildman–Crippen LogP) is 14.8. The molecule has 1 heterocycles. The number of ether oxygens (including phenoxy) is 3. The van der Waals surface area contributed by atoms with Gasteiger partial charge in [0, 0.05) is 6.42 Å². The highest BCUT2D eigenvalue weighted by Crippen LogP contribution is 2.26. The van der Waals surface area contributed by atoms with Crippen molar-refractivity contribution >= 4 is 11.9 Å². The van der Waals surface area contributed by atoms with Crippen LogP contribution in [0.2, 0.25) is 0 Å². The third kappa shape index (κ3) is 40.5. The van der Waals surface area contributed by atoms with Gasteiger partial charge in [-0.2, -0.15) is 0 Å². The normalized spacial score (nSPS) is 19.5. The van der Waals surface area contributed by atoms with Gasteiger partial charge in [0.05, 0.1) is 25.4 Å². The zero-order valence-corrected chi connectivity index (χ0v) is 48.4. The first-order chi connectivity index (χ1) is 36.7. The average molecular weight is 1060 g/mol. The Hall–Kier alpha value is -2.38. The zero-order valence-electron chi connectivity index (χ0n) is 48.4. The summed E-state index contributed by atoms with van der Waals surface area (Å²) < 4.78 is 17.6. The Balaban J connectivity index is 2.67. The lowest BCUT2D eigenvalue weighted by atomic mass is 9.99. The molecule has 6 N–H and O–H groups in total. The van der Waals surface area contributed by atoms with Crippen molar-refractivity contribution in [2.75, 3.05) is 13.2 Å². The fourth-order valence-electron chi connectivity index (χ4n) is 9.72. The van der Waals surface area contributed by atoms with Crippen molar-refractivity contribution in [3.8, 4) is 0 Å². The van der Waals surface area contributed by atoms with E-state index in [0.717, 1.165) is 83.5 Å². The molecule has 438 valence electrons. The molecule has 1 rings (SSSR count). The highest BCUT2D eigenvalue weighted by atomic mass is 16.7. The molecule has 8 atom stereocenters. The number of unbranched alkanes of at least 4 members (excludes halogenated alkanes) is 33. The van der Waals surface area contributed by atoms with E-state index in [4.69, 9.17) is 14.2 Å². The van der Waals surface area contributed by atoms with Gasteiger partial charge in [-0.15, -0.1) is 0 Å². The SMILES string of the molecule is CCCCC/C=C\C/C=C\C/C=C\CCCCCCC(=O)OC1C(OCC(NC(=O)C(O)CCCCCCCCCCCCCCCCCCCC)C(O)/C=C/CCCCCCCCCCC)OC(CO)C(O)C1O. The molecular formula is C64H117NO10.